The van der Waals surface area contributed by atoms with Crippen molar-refractivity contribution in [3.05, 3.63) is 46.8 Å². The van der Waals surface area contributed by atoms with Crippen LogP contribution in [0.1, 0.15) is 30.7 Å². The second-order valence-electron chi connectivity index (χ2n) is 10.5. The van der Waals surface area contributed by atoms with Gasteiger partial charge in [-0.05, 0) is 48.7 Å². The Hall–Kier alpha value is -3.24. The summed E-state index contributed by atoms with van der Waals surface area (Å²) in [7, 11) is -0.722. The Morgan fingerprint density at radius 2 is 1.95 bits per heavy atom. The van der Waals surface area contributed by atoms with Gasteiger partial charge in [0.1, 0.15) is 25.1 Å². The van der Waals surface area contributed by atoms with Crippen LogP contribution in [0, 0.1) is 23.2 Å². The maximum atomic E-state index is 14.7. The van der Waals surface area contributed by atoms with Gasteiger partial charge in [0.15, 0.2) is 6.61 Å². The molecule has 2 unspecified atom stereocenters. The Balaban J connectivity index is 1.61. The molecule has 43 heavy (non-hydrogen) atoms. The lowest BCUT2D eigenvalue weighted by atomic mass is 10.0. The van der Waals surface area contributed by atoms with E-state index in [1.165, 1.54) is 0 Å². The molecule has 230 valence electrons. The molecular weight excluding hydrogens is 599 g/mol. The quantitative estimate of drug-likeness (QED) is 0.144. The normalized spacial score (nSPS) is 17.6. The Labute approximate surface area is 253 Å². The van der Waals surface area contributed by atoms with Crippen molar-refractivity contribution >= 4 is 45.2 Å². The summed E-state index contributed by atoms with van der Waals surface area (Å²) in [5, 5.41) is 16.5. The van der Waals surface area contributed by atoms with Crippen LogP contribution >= 0.6 is 18.5 Å². The molecule has 12 heteroatoms. The number of piperidine rings is 1. The lowest BCUT2D eigenvalue weighted by Gasteiger charge is -2.33. The lowest BCUT2D eigenvalue weighted by molar-refractivity contribution is -0.126. The predicted molar refractivity (Wildman–Crippen MR) is 167 cm³/mol. The van der Waals surface area contributed by atoms with Gasteiger partial charge in [0.05, 0.1) is 40.0 Å². The summed E-state index contributed by atoms with van der Waals surface area (Å²) in [4.78, 5) is 2.21. The molecule has 4 rings (SSSR count). The number of ether oxygens (including phenoxy) is 1. The number of nitriles is 1. The molecule has 1 fully saturated rings. The van der Waals surface area contributed by atoms with Crippen LogP contribution in [0.25, 0.3) is 10.1 Å². The third-order valence-electron chi connectivity index (χ3n) is 7.60. The van der Waals surface area contributed by atoms with Gasteiger partial charge in [-0.2, -0.15) is 18.4 Å². The van der Waals surface area contributed by atoms with E-state index >= 15 is 0 Å². The second-order valence-corrected chi connectivity index (χ2v) is 15.1. The molecule has 1 aliphatic rings. The van der Waals surface area contributed by atoms with Gasteiger partial charge in [0.2, 0.25) is 0 Å². The minimum atomic E-state index is -4.44. The Morgan fingerprint density at radius 3 is 2.63 bits per heavy atom. The molecule has 1 aliphatic heterocycles. The van der Waals surface area contributed by atoms with Crippen LogP contribution in [-0.2, 0) is 11.0 Å². The SMILES string of the molecule is CCP(=O)(CC)c1ccc(NCC#Cc2sc3c(NC4CCN(C)CC4F)cccc3c2CC(F)(F)F)c(OCC#N)c1. The number of halogens is 4. The predicted octanol–water partition coefficient (Wildman–Crippen LogP) is 6.85. The van der Waals surface area contributed by atoms with Gasteiger partial charge < -0.3 is 24.8 Å². The first-order valence-electron chi connectivity index (χ1n) is 14.1. The zero-order valence-electron chi connectivity index (χ0n) is 24.4. The minimum absolute atomic E-state index is 0.0887. The van der Waals surface area contributed by atoms with E-state index in [1.54, 1.807) is 36.4 Å². The van der Waals surface area contributed by atoms with E-state index in [4.69, 9.17) is 10.00 Å². The molecular formula is C31H35F4N4O2PS. The summed E-state index contributed by atoms with van der Waals surface area (Å²) in [6.07, 6.45) is -5.08. The molecule has 2 N–H and O–H groups in total. The molecule has 0 bridgehead atoms. The van der Waals surface area contributed by atoms with E-state index in [0.29, 0.717) is 62.7 Å². The summed E-state index contributed by atoms with van der Waals surface area (Å²) < 4.78 is 75.0. The third kappa shape index (κ3) is 8.03. The molecule has 0 radical (unpaired) electrons. The number of alkyl halides is 4. The van der Waals surface area contributed by atoms with Crippen LogP contribution in [0.3, 0.4) is 0 Å². The Kier molecular flexibility index (Phi) is 10.7. The molecule has 0 saturated carbocycles. The van der Waals surface area contributed by atoms with Gasteiger partial charge in [-0.3, -0.25) is 0 Å². The molecule has 1 aromatic heterocycles. The average Bonchev–Trinajstić information content (AvgIpc) is 3.31. The topological polar surface area (TPSA) is 77.4 Å². The minimum Gasteiger partial charge on any atom is -0.477 e. The highest BCUT2D eigenvalue weighted by atomic mass is 32.1. The van der Waals surface area contributed by atoms with Gasteiger partial charge in [-0.1, -0.05) is 37.8 Å². The first kappa shape index (κ1) is 32.7. The van der Waals surface area contributed by atoms with E-state index in [2.05, 4.69) is 22.5 Å². The van der Waals surface area contributed by atoms with Gasteiger partial charge in [0.25, 0.3) is 0 Å². The van der Waals surface area contributed by atoms with Crippen LogP contribution in [0.2, 0.25) is 0 Å². The van der Waals surface area contributed by atoms with Gasteiger partial charge in [-0.15, -0.1) is 11.3 Å². The maximum absolute atomic E-state index is 14.7. The first-order chi connectivity index (χ1) is 20.5. The highest BCUT2D eigenvalue weighted by Crippen LogP contribution is 2.45. The second kappa shape index (κ2) is 14.0. The standard InChI is InChI=1S/C31H35F4N4O2PS/c1-4-42(40,5-2)21-11-12-26(28(18-21)41-17-14-36)37-15-7-10-29-23(19-31(33,34)35)22-8-6-9-27(30(22)43-29)38-25-13-16-39(3)20-24(25)32/h6,8-9,11-12,18,24-25,37-38H,4-5,13,15-17,19-20H2,1-3H3. The lowest BCUT2D eigenvalue weighted by Crippen LogP contribution is -2.46. The number of likely N-dealkylation sites (tertiary alicyclic amines) is 1. The number of hydrogen-bond acceptors (Lipinski definition) is 7. The van der Waals surface area contributed by atoms with Crippen LogP contribution in [0.4, 0.5) is 28.9 Å². The monoisotopic (exact) mass is 634 g/mol. The maximum Gasteiger partial charge on any atom is 0.393 e. The molecule has 2 aromatic carbocycles. The number of benzene rings is 2. The van der Waals surface area contributed by atoms with Crippen LogP contribution in [0.5, 0.6) is 5.75 Å². The molecule has 0 aliphatic carbocycles. The molecule has 6 nitrogen and oxygen atoms in total. The summed E-state index contributed by atoms with van der Waals surface area (Å²) in [5.74, 6) is 6.20. The van der Waals surface area contributed by atoms with E-state index in [9.17, 15) is 22.1 Å². The number of rotatable bonds is 10. The highest BCUT2D eigenvalue weighted by molar-refractivity contribution is 7.71. The number of anilines is 2. The zero-order chi connectivity index (χ0) is 31.2. The number of fused-ring (bicyclic) bond motifs is 1. The van der Waals surface area contributed by atoms with Crippen molar-refractivity contribution in [2.45, 2.75) is 45.1 Å². The smallest absolute Gasteiger partial charge is 0.393 e. The van der Waals surface area contributed by atoms with Gasteiger partial charge in [-0.25, -0.2) is 4.39 Å². The van der Waals surface area contributed by atoms with Crippen molar-refractivity contribution < 1.29 is 26.9 Å². The molecule has 0 amide bonds. The highest BCUT2D eigenvalue weighted by Gasteiger charge is 2.32. The summed E-state index contributed by atoms with van der Waals surface area (Å²) in [6.45, 7) is 4.65. The van der Waals surface area contributed by atoms with Crippen molar-refractivity contribution in [2.24, 2.45) is 0 Å². The number of nitrogens with one attached hydrogen (secondary N) is 2. The molecule has 2 heterocycles. The van der Waals surface area contributed by atoms with E-state index in [0.717, 1.165) is 17.9 Å². The molecule has 1 saturated heterocycles. The Morgan fingerprint density at radius 1 is 1.19 bits per heavy atom. The van der Waals surface area contributed by atoms with E-state index in [-0.39, 0.29) is 18.7 Å². The number of nitrogens with zero attached hydrogens (tertiary/aromatic N) is 2. The van der Waals surface area contributed by atoms with Crippen molar-refractivity contribution in [1.29, 1.82) is 5.26 Å². The number of thiophene rings is 1. The Bertz CT molecular complexity index is 1580. The third-order valence-corrected chi connectivity index (χ3v) is 12.1. The van der Waals surface area contributed by atoms with Crippen molar-refractivity contribution in [3.63, 3.8) is 0 Å². The first-order valence-corrected chi connectivity index (χ1v) is 17.0. The fourth-order valence-electron chi connectivity index (χ4n) is 5.17. The molecule has 2 atom stereocenters. The van der Waals surface area contributed by atoms with Crippen molar-refractivity contribution in [1.82, 2.24) is 4.90 Å². The number of hydrogen-bond donors (Lipinski definition) is 2. The van der Waals surface area contributed by atoms with Crippen LogP contribution in [0.15, 0.2) is 36.4 Å². The van der Waals surface area contributed by atoms with Crippen molar-refractivity contribution in [2.75, 3.05) is 56.2 Å². The summed E-state index contributed by atoms with van der Waals surface area (Å²) >= 11 is 1.16. The molecule has 0 spiro atoms. The molecule has 3 aromatic rings. The fraction of sp³-hybridized carbons (Fsp3) is 0.452. The summed E-state index contributed by atoms with van der Waals surface area (Å²) in [6, 6.07) is 11.7. The fourth-order valence-corrected chi connectivity index (χ4v) is 8.22. The van der Waals surface area contributed by atoms with Crippen LogP contribution < -0.4 is 20.7 Å². The van der Waals surface area contributed by atoms with Gasteiger partial charge >= 0.3 is 6.18 Å². The average molecular weight is 635 g/mol. The summed E-state index contributed by atoms with van der Waals surface area (Å²) in [5.41, 5.74) is 1.23. The van der Waals surface area contributed by atoms with E-state index in [1.807, 2.05) is 31.9 Å². The zero-order valence-corrected chi connectivity index (χ0v) is 26.1. The van der Waals surface area contributed by atoms with Crippen molar-refractivity contribution in [3.8, 4) is 23.7 Å². The van der Waals surface area contributed by atoms with Gasteiger partial charge in [0, 0.05) is 30.7 Å². The van der Waals surface area contributed by atoms with Crippen LogP contribution in [-0.4, -0.2) is 68.9 Å². The van der Waals surface area contributed by atoms with E-state index < -0.39 is 32.0 Å². The largest absolute Gasteiger partial charge is 0.477 e.